The number of amides is 2. The van der Waals surface area contributed by atoms with Crippen molar-refractivity contribution in [1.29, 1.82) is 0 Å². The van der Waals surface area contributed by atoms with Crippen molar-refractivity contribution in [2.45, 2.75) is 19.3 Å². The minimum atomic E-state index is -0.155. The van der Waals surface area contributed by atoms with Crippen LogP contribution in [0.15, 0.2) is 12.1 Å². The lowest BCUT2D eigenvalue weighted by Crippen LogP contribution is -2.52. The molecule has 7 heteroatoms. The number of hydrogen-bond donors (Lipinski definition) is 0. The fourth-order valence-corrected chi connectivity index (χ4v) is 3.42. The van der Waals surface area contributed by atoms with E-state index >= 15 is 0 Å². The normalized spacial score (nSPS) is 17.5. The van der Waals surface area contributed by atoms with Gasteiger partial charge in [0.05, 0.1) is 21.3 Å². The zero-order valence-electron chi connectivity index (χ0n) is 15.6. The van der Waals surface area contributed by atoms with Gasteiger partial charge in [0.1, 0.15) is 22.8 Å². The number of hydrogen-bond acceptors (Lipinski definition) is 5. The van der Waals surface area contributed by atoms with E-state index in [-0.39, 0.29) is 17.7 Å². The summed E-state index contributed by atoms with van der Waals surface area (Å²) < 4.78 is 16.0. The number of rotatable bonds is 5. The summed E-state index contributed by atoms with van der Waals surface area (Å²) in [6, 6.07) is 3.35. The van der Waals surface area contributed by atoms with Crippen molar-refractivity contribution in [2.24, 2.45) is 5.92 Å². The van der Waals surface area contributed by atoms with Gasteiger partial charge < -0.3 is 24.0 Å². The summed E-state index contributed by atoms with van der Waals surface area (Å²) in [5, 5.41) is 0. The molecule has 2 amide bonds. The van der Waals surface area contributed by atoms with E-state index in [2.05, 4.69) is 0 Å². The van der Waals surface area contributed by atoms with Crippen molar-refractivity contribution in [3.63, 3.8) is 0 Å². The minimum Gasteiger partial charge on any atom is -0.496 e. The summed E-state index contributed by atoms with van der Waals surface area (Å²) in [5.74, 6) is 1.67. The molecule has 1 aliphatic carbocycles. The largest absolute Gasteiger partial charge is 0.496 e. The molecule has 0 bridgehead atoms. The van der Waals surface area contributed by atoms with E-state index in [9.17, 15) is 9.59 Å². The van der Waals surface area contributed by atoms with Crippen LogP contribution in [0.5, 0.6) is 17.2 Å². The fraction of sp³-hybridized carbons (Fsp3) is 0.579. The van der Waals surface area contributed by atoms with Crippen LogP contribution in [0, 0.1) is 5.92 Å². The number of carbonyl (C=O) groups is 2. The van der Waals surface area contributed by atoms with Crippen molar-refractivity contribution in [3.8, 4) is 17.2 Å². The number of ether oxygens (including phenoxy) is 3. The highest BCUT2D eigenvalue weighted by Gasteiger charge is 2.33. The number of benzene rings is 1. The molecule has 1 saturated carbocycles. The van der Waals surface area contributed by atoms with Crippen LogP contribution in [-0.4, -0.2) is 69.1 Å². The van der Waals surface area contributed by atoms with Gasteiger partial charge in [-0.1, -0.05) is 6.42 Å². The molecule has 2 aliphatic rings. The smallest absolute Gasteiger partial charge is 0.261 e. The molecule has 1 aromatic rings. The maximum atomic E-state index is 13.1. The molecule has 1 aromatic carbocycles. The zero-order chi connectivity index (χ0) is 18.7. The Labute approximate surface area is 153 Å². The lowest BCUT2D eigenvalue weighted by Gasteiger charge is -2.38. The van der Waals surface area contributed by atoms with E-state index in [4.69, 9.17) is 14.2 Å². The molecule has 0 spiro atoms. The molecule has 1 saturated heterocycles. The number of nitrogens with zero attached hydrogens (tertiary/aromatic N) is 2. The first kappa shape index (κ1) is 18.4. The second kappa shape index (κ2) is 7.85. The van der Waals surface area contributed by atoms with Crippen LogP contribution in [0.2, 0.25) is 0 Å². The van der Waals surface area contributed by atoms with Crippen LogP contribution < -0.4 is 14.2 Å². The Morgan fingerprint density at radius 1 is 0.885 bits per heavy atom. The molecular weight excluding hydrogens is 336 g/mol. The molecule has 0 unspecified atom stereocenters. The third-order valence-corrected chi connectivity index (χ3v) is 5.26. The number of methoxy groups -OCH3 is 3. The highest BCUT2D eigenvalue weighted by atomic mass is 16.5. The van der Waals surface area contributed by atoms with Crippen molar-refractivity contribution >= 4 is 11.8 Å². The van der Waals surface area contributed by atoms with E-state index in [1.54, 1.807) is 24.1 Å². The van der Waals surface area contributed by atoms with Gasteiger partial charge in [-0.25, -0.2) is 0 Å². The van der Waals surface area contributed by atoms with Crippen LogP contribution in [0.1, 0.15) is 29.6 Å². The van der Waals surface area contributed by atoms with Gasteiger partial charge in [0, 0.05) is 44.2 Å². The Hall–Kier alpha value is -2.44. The van der Waals surface area contributed by atoms with Crippen molar-refractivity contribution in [3.05, 3.63) is 17.7 Å². The lowest BCUT2D eigenvalue weighted by molar-refractivity contribution is -0.139. The second-order valence-electron chi connectivity index (χ2n) is 6.65. The molecule has 7 nitrogen and oxygen atoms in total. The first-order valence-corrected chi connectivity index (χ1v) is 8.97. The SMILES string of the molecule is COc1cc(OC)c(C(=O)N2CCN(C(=O)C3CCC3)CC2)c(OC)c1. The topological polar surface area (TPSA) is 68.3 Å². The number of piperazine rings is 1. The van der Waals surface area contributed by atoms with E-state index in [1.807, 2.05) is 4.90 Å². The Balaban J connectivity index is 1.73. The Morgan fingerprint density at radius 2 is 1.42 bits per heavy atom. The highest BCUT2D eigenvalue weighted by Crippen LogP contribution is 2.35. The minimum absolute atomic E-state index is 0.155. The van der Waals surface area contributed by atoms with Crippen LogP contribution in [0.3, 0.4) is 0 Å². The summed E-state index contributed by atoms with van der Waals surface area (Å²) in [5.41, 5.74) is 0.384. The second-order valence-corrected chi connectivity index (χ2v) is 6.65. The Morgan fingerprint density at radius 3 is 1.85 bits per heavy atom. The third kappa shape index (κ3) is 3.43. The Kier molecular flexibility index (Phi) is 5.54. The molecule has 0 radical (unpaired) electrons. The van der Waals surface area contributed by atoms with Crippen LogP contribution in [0.4, 0.5) is 0 Å². The van der Waals surface area contributed by atoms with Crippen LogP contribution >= 0.6 is 0 Å². The molecule has 1 aliphatic heterocycles. The molecule has 2 fully saturated rings. The third-order valence-electron chi connectivity index (χ3n) is 5.26. The summed E-state index contributed by atoms with van der Waals surface area (Å²) in [6.45, 7) is 2.16. The van der Waals surface area contributed by atoms with Crippen molar-refractivity contribution in [1.82, 2.24) is 9.80 Å². The molecule has 0 aromatic heterocycles. The summed E-state index contributed by atoms with van der Waals surface area (Å²) in [7, 11) is 4.58. The average Bonchev–Trinajstić information content (AvgIpc) is 2.64. The molecule has 1 heterocycles. The maximum absolute atomic E-state index is 13.1. The highest BCUT2D eigenvalue weighted by molar-refractivity contribution is 6.00. The van der Waals surface area contributed by atoms with E-state index in [0.717, 1.165) is 19.3 Å². The van der Waals surface area contributed by atoms with Gasteiger partial charge in [0.25, 0.3) is 5.91 Å². The molecule has 3 rings (SSSR count). The monoisotopic (exact) mass is 362 g/mol. The quantitative estimate of drug-likeness (QED) is 0.799. The molecule has 26 heavy (non-hydrogen) atoms. The zero-order valence-corrected chi connectivity index (χ0v) is 15.6. The van der Waals surface area contributed by atoms with Gasteiger partial charge in [-0.2, -0.15) is 0 Å². The van der Waals surface area contributed by atoms with Crippen molar-refractivity contribution < 1.29 is 23.8 Å². The van der Waals surface area contributed by atoms with E-state index in [0.29, 0.717) is 49.0 Å². The van der Waals surface area contributed by atoms with E-state index < -0.39 is 0 Å². The van der Waals surface area contributed by atoms with Gasteiger partial charge in [0.2, 0.25) is 5.91 Å². The lowest BCUT2D eigenvalue weighted by atomic mass is 9.84. The summed E-state index contributed by atoms with van der Waals surface area (Å²) in [6.07, 6.45) is 3.14. The fourth-order valence-electron chi connectivity index (χ4n) is 3.42. The summed E-state index contributed by atoms with van der Waals surface area (Å²) >= 11 is 0. The van der Waals surface area contributed by atoms with Gasteiger partial charge in [0.15, 0.2) is 0 Å². The standard InChI is InChI=1S/C19H26N2O5/c1-24-14-11-15(25-2)17(16(12-14)26-3)19(23)21-9-7-20(8-10-21)18(22)13-5-4-6-13/h11-13H,4-10H2,1-3H3. The van der Waals surface area contributed by atoms with Crippen molar-refractivity contribution in [2.75, 3.05) is 47.5 Å². The van der Waals surface area contributed by atoms with Gasteiger partial charge in [-0.05, 0) is 12.8 Å². The Bertz CT molecular complexity index is 654. The maximum Gasteiger partial charge on any atom is 0.261 e. The van der Waals surface area contributed by atoms with Crippen LogP contribution in [0.25, 0.3) is 0 Å². The van der Waals surface area contributed by atoms with E-state index in [1.165, 1.54) is 14.2 Å². The van der Waals surface area contributed by atoms with Gasteiger partial charge in [-0.3, -0.25) is 9.59 Å². The average molecular weight is 362 g/mol. The number of carbonyl (C=O) groups excluding carboxylic acids is 2. The molecule has 0 N–H and O–H groups in total. The van der Waals surface area contributed by atoms with Crippen LogP contribution in [-0.2, 0) is 4.79 Å². The molecule has 142 valence electrons. The van der Waals surface area contributed by atoms with Gasteiger partial charge >= 0.3 is 0 Å². The first-order chi connectivity index (χ1) is 12.6. The predicted octanol–water partition coefficient (Wildman–Crippen LogP) is 1.80. The predicted molar refractivity (Wildman–Crippen MR) is 95.9 cm³/mol. The first-order valence-electron chi connectivity index (χ1n) is 8.97. The van der Waals surface area contributed by atoms with Gasteiger partial charge in [-0.15, -0.1) is 0 Å². The molecular formula is C19H26N2O5. The molecule has 0 atom stereocenters. The summed E-state index contributed by atoms with van der Waals surface area (Å²) in [4.78, 5) is 29.1.